The fourth-order valence-electron chi connectivity index (χ4n) is 2.04. The Kier molecular flexibility index (Phi) is 5.74. The van der Waals surface area contributed by atoms with E-state index in [0.29, 0.717) is 24.7 Å². The summed E-state index contributed by atoms with van der Waals surface area (Å²) in [6, 6.07) is 3.97. The first kappa shape index (κ1) is 17.5. The molecule has 3 N–H and O–H groups in total. The normalized spacial score (nSPS) is 13.0. The fraction of sp³-hybridized carbons (Fsp3) is 0.500. The number of rotatable bonds is 7. The summed E-state index contributed by atoms with van der Waals surface area (Å²) in [6.45, 7) is 7.44. The van der Waals surface area contributed by atoms with Crippen molar-refractivity contribution in [3.63, 3.8) is 0 Å². The lowest BCUT2D eigenvalue weighted by Gasteiger charge is -2.27. The molecule has 0 bridgehead atoms. The smallest absolute Gasteiger partial charge is 0.337 e. The maximum atomic E-state index is 11.4. The van der Waals surface area contributed by atoms with Gasteiger partial charge in [0.05, 0.1) is 16.1 Å². The average Bonchev–Trinajstić information content (AvgIpc) is 2.42. The van der Waals surface area contributed by atoms with Crippen LogP contribution < -0.4 is 10.0 Å². The van der Waals surface area contributed by atoms with Gasteiger partial charge in [-0.15, -0.1) is 0 Å². The van der Waals surface area contributed by atoms with Gasteiger partial charge in [0.1, 0.15) is 0 Å². The van der Waals surface area contributed by atoms with E-state index in [9.17, 15) is 18.3 Å². The number of hydrogen-bond donors (Lipinski definition) is 2. The molecule has 0 spiro atoms. The van der Waals surface area contributed by atoms with Crippen LogP contribution in [-0.2, 0) is 10.0 Å². The van der Waals surface area contributed by atoms with E-state index in [1.165, 1.54) is 12.1 Å². The molecule has 7 heteroatoms. The number of nitrogens with two attached hydrogens (primary N) is 1. The van der Waals surface area contributed by atoms with Gasteiger partial charge in [0, 0.05) is 13.1 Å². The zero-order valence-corrected chi connectivity index (χ0v) is 13.4. The SMILES string of the molecule is CCC(C)CN(CC)c1ccc(S(N)(=O)=O)cc1C(=O)O. The van der Waals surface area contributed by atoms with E-state index >= 15 is 0 Å². The molecule has 1 rings (SSSR count). The number of hydrogen-bond acceptors (Lipinski definition) is 4. The molecule has 0 aliphatic carbocycles. The molecule has 0 aliphatic heterocycles. The molecule has 118 valence electrons. The minimum Gasteiger partial charge on any atom is -0.478 e. The summed E-state index contributed by atoms with van der Waals surface area (Å²) in [4.78, 5) is 13.2. The third kappa shape index (κ3) is 4.44. The molecule has 0 fully saturated rings. The van der Waals surface area contributed by atoms with E-state index < -0.39 is 16.0 Å². The van der Waals surface area contributed by atoms with Gasteiger partial charge in [-0.05, 0) is 31.0 Å². The number of benzene rings is 1. The first-order valence-electron chi connectivity index (χ1n) is 6.85. The van der Waals surface area contributed by atoms with Crippen LogP contribution in [0.25, 0.3) is 0 Å². The number of carbonyl (C=O) groups is 1. The Morgan fingerprint density at radius 3 is 2.43 bits per heavy atom. The first-order valence-corrected chi connectivity index (χ1v) is 8.40. The number of aromatic carboxylic acids is 1. The van der Waals surface area contributed by atoms with Crippen molar-refractivity contribution in [2.75, 3.05) is 18.0 Å². The lowest BCUT2D eigenvalue weighted by molar-refractivity contribution is 0.0697. The summed E-state index contributed by atoms with van der Waals surface area (Å²) in [5, 5.41) is 14.4. The van der Waals surface area contributed by atoms with Crippen LogP contribution in [0, 0.1) is 5.92 Å². The topological polar surface area (TPSA) is 101 Å². The van der Waals surface area contributed by atoms with E-state index in [0.717, 1.165) is 12.5 Å². The van der Waals surface area contributed by atoms with E-state index in [1.807, 2.05) is 11.8 Å². The minimum atomic E-state index is -3.92. The van der Waals surface area contributed by atoms with Crippen LogP contribution in [0.4, 0.5) is 5.69 Å². The van der Waals surface area contributed by atoms with E-state index in [2.05, 4.69) is 13.8 Å². The van der Waals surface area contributed by atoms with Crippen molar-refractivity contribution in [1.82, 2.24) is 0 Å². The molecule has 0 aliphatic rings. The molecule has 1 aromatic rings. The lowest BCUT2D eigenvalue weighted by atomic mass is 10.1. The standard InChI is InChI=1S/C14H22N2O4S/c1-4-10(3)9-16(5-2)13-7-6-11(21(15,19)20)8-12(13)14(17)18/h6-8,10H,4-5,9H2,1-3H3,(H,17,18)(H2,15,19,20). The summed E-state index contributed by atoms with van der Waals surface area (Å²) in [5.41, 5.74) is 0.462. The molecule has 0 amide bonds. The number of carboxylic acids is 1. The van der Waals surface area contributed by atoms with Crippen molar-refractivity contribution in [1.29, 1.82) is 0 Å². The number of sulfonamides is 1. The molecule has 0 radical (unpaired) electrons. The van der Waals surface area contributed by atoms with Gasteiger partial charge in [0.2, 0.25) is 10.0 Å². The second-order valence-corrected chi connectivity index (χ2v) is 6.64. The Morgan fingerprint density at radius 2 is 2.00 bits per heavy atom. The van der Waals surface area contributed by atoms with Gasteiger partial charge in [-0.3, -0.25) is 0 Å². The van der Waals surface area contributed by atoms with Crippen molar-refractivity contribution in [3.05, 3.63) is 23.8 Å². The molecule has 1 aromatic carbocycles. The molecule has 0 saturated heterocycles. The van der Waals surface area contributed by atoms with E-state index in [4.69, 9.17) is 5.14 Å². The molecule has 21 heavy (non-hydrogen) atoms. The van der Waals surface area contributed by atoms with E-state index in [1.54, 1.807) is 0 Å². The highest BCUT2D eigenvalue weighted by Crippen LogP contribution is 2.25. The molecule has 0 heterocycles. The zero-order chi connectivity index (χ0) is 16.2. The predicted octanol–water partition coefficient (Wildman–Crippen LogP) is 1.90. The zero-order valence-electron chi connectivity index (χ0n) is 12.5. The monoisotopic (exact) mass is 314 g/mol. The van der Waals surface area contributed by atoms with Gasteiger partial charge in [0.25, 0.3) is 0 Å². The van der Waals surface area contributed by atoms with Gasteiger partial charge in [-0.1, -0.05) is 20.3 Å². The van der Waals surface area contributed by atoms with Crippen LogP contribution in [0.15, 0.2) is 23.1 Å². The molecule has 6 nitrogen and oxygen atoms in total. The van der Waals surface area contributed by atoms with Crippen molar-refractivity contribution in [2.24, 2.45) is 11.1 Å². The first-order chi connectivity index (χ1) is 9.70. The summed E-state index contributed by atoms with van der Waals surface area (Å²) >= 11 is 0. The van der Waals surface area contributed by atoms with Crippen LogP contribution >= 0.6 is 0 Å². The van der Waals surface area contributed by atoms with Crippen molar-refractivity contribution >= 4 is 21.7 Å². The third-order valence-electron chi connectivity index (χ3n) is 3.48. The molecule has 1 atom stereocenters. The van der Waals surface area contributed by atoms with Crippen molar-refractivity contribution in [2.45, 2.75) is 32.1 Å². The molecule has 0 saturated carbocycles. The second-order valence-electron chi connectivity index (χ2n) is 5.08. The largest absolute Gasteiger partial charge is 0.478 e. The van der Waals surface area contributed by atoms with Crippen LogP contribution in [-0.4, -0.2) is 32.6 Å². The third-order valence-corrected chi connectivity index (χ3v) is 4.39. The average molecular weight is 314 g/mol. The summed E-state index contributed by atoms with van der Waals surface area (Å²) in [5.74, 6) is -0.761. The maximum absolute atomic E-state index is 11.4. The number of anilines is 1. The van der Waals surface area contributed by atoms with Crippen LogP contribution in [0.1, 0.15) is 37.6 Å². The van der Waals surface area contributed by atoms with Gasteiger partial charge < -0.3 is 10.0 Å². The molecule has 1 unspecified atom stereocenters. The number of nitrogens with zero attached hydrogens (tertiary/aromatic N) is 1. The Bertz CT molecular complexity index is 613. The van der Waals surface area contributed by atoms with Gasteiger partial charge in [-0.25, -0.2) is 18.4 Å². The maximum Gasteiger partial charge on any atom is 0.337 e. The fourth-order valence-corrected chi connectivity index (χ4v) is 2.58. The van der Waals surface area contributed by atoms with Gasteiger partial charge in [-0.2, -0.15) is 0 Å². The lowest BCUT2D eigenvalue weighted by Crippen LogP contribution is -2.29. The highest BCUT2D eigenvalue weighted by Gasteiger charge is 2.20. The Hall–Kier alpha value is -1.60. The van der Waals surface area contributed by atoms with Crippen LogP contribution in [0.2, 0.25) is 0 Å². The minimum absolute atomic E-state index is 0.0494. The molecule has 0 aromatic heterocycles. The summed E-state index contributed by atoms with van der Waals surface area (Å²) < 4.78 is 22.7. The van der Waals surface area contributed by atoms with Gasteiger partial charge >= 0.3 is 5.97 Å². The summed E-state index contributed by atoms with van der Waals surface area (Å²) in [7, 11) is -3.92. The summed E-state index contributed by atoms with van der Waals surface area (Å²) in [6.07, 6.45) is 0.980. The van der Waals surface area contributed by atoms with E-state index in [-0.39, 0.29) is 10.5 Å². The quantitative estimate of drug-likeness (QED) is 0.800. The Balaban J connectivity index is 3.31. The van der Waals surface area contributed by atoms with Crippen LogP contribution in [0.3, 0.4) is 0 Å². The highest BCUT2D eigenvalue weighted by molar-refractivity contribution is 7.89. The predicted molar refractivity (Wildman–Crippen MR) is 82.1 cm³/mol. The Morgan fingerprint density at radius 1 is 1.38 bits per heavy atom. The highest BCUT2D eigenvalue weighted by atomic mass is 32.2. The van der Waals surface area contributed by atoms with Gasteiger partial charge in [0.15, 0.2) is 0 Å². The molecular formula is C14H22N2O4S. The van der Waals surface area contributed by atoms with Crippen LogP contribution in [0.5, 0.6) is 0 Å². The second kappa shape index (κ2) is 6.91. The number of primary sulfonamides is 1. The molecular weight excluding hydrogens is 292 g/mol. The number of carboxylic acid groups (broad SMARTS) is 1. The van der Waals surface area contributed by atoms with Crippen molar-refractivity contribution in [3.8, 4) is 0 Å². The van der Waals surface area contributed by atoms with Crippen molar-refractivity contribution < 1.29 is 18.3 Å². The Labute approximate surface area is 125 Å².